The first-order valence-electron chi connectivity index (χ1n) is 6.32. The number of hydrogen-bond acceptors (Lipinski definition) is 2. The number of nitrogens with two attached hydrogens (primary N) is 1. The van der Waals surface area contributed by atoms with Crippen LogP contribution in [0.5, 0.6) is 0 Å². The maximum Gasteiger partial charge on any atom is 0.0623 e. The van der Waals surface area contributed by atoms with Gasteiger partial charge in [-0.2, -0.15) is 0 Å². The van der Waals surface area contributed by atoms with Crippen molar-refractivity contribution in [2.24, 2.45) is 11.7 Å². The van der Waals surface area contributed by atoms with Crippen LogP contribution in [0.3, 0.4) is 0 Å². The van der Waals surface area contributed by atoms with Gasteiger partial charge in [-0.25, -0.2) is 0 Å². The highest BCUT2D eigenvalue weighted by molar-refractivity contribution is 6.35. The molecule has 1 aromatic carbocycles. The second kappa shape index (κ2) is 7.34. The Balaban J connectivity index is 2.88. The molecule has 18 heavy (non-hydrogen) atoms. The fraction of sp³-hybridized carbons (Fsp3) is 0.571. The lowest BCUT2D eigenvalue weighted by Gasteiger charge is -2.25. The van der Waals surface area contributed by atoms with E-state index in [-0.39, 0.29) is 5.92 Å². The van der Waals surface area contributed by atoms with Crippen molar-refractivity contribution in [1.29, 1.82) is 0 Å². The molecule has 0 spiro atoms. The standard InChI is InChI=1S/C14H21Cl2NO/c1-3-9(2)6-14(18)12(8-17)11-5-4-10(15)7-13(11)16/h4-5,7,9,12,14,18H,3,6,8,17H2,1-2H3. The molecule has 1 aromatic rings. The van der Waals surface area contributed by atoms with Crippen molar-refractivity contribution in [3.63, 3.8) is 0 Å². The van der Waals surface area contributed by atoms with Crippen molar-refractivity contribution >= 4 is 23.2 Å². The predicted molar refractivity (Wildman–Crippen MR) is 78.3 cm³/mol. The van der Waals surface area contributed by atoms with Gasteiger partial charge in [0.05, 0.1) is 6.10 Å². The van der Waals surface area contributed by atoms with Crippen molar-refractivity contribution in [3.8, 4) is 0 Å². The highest BCUT2D eigenvalue weighted by atomic mass is 35.5. The molecular formula is C14H21Cl2NO. The van der Waals surface area contributed by atoms with Gasteiger partial charge in [0.1, 0.15) is 0 Å². The minimum absolute atomic E-state index is 0.135. The van der Waals surface area contributed by atoms with Gasteiger partial charge in [0.25, 0.3) is 0 Å². The second-order valence-corrected chi connectivity index (χ2v) is 5.67. The highest BCUT2D eigenvalue weighted by Gasteiger charge is 2.23. The van der Waals surface area contributed by atoms with E-state index < -0.39 is 6.10 Å². The van der Waals surface area contributed by atoms with Crippen LogP contribution < -0.4 is 5.73 Å². The van der Waals surface area contributed by atoms with Crippen molar-refractivity contribution in [1.82, 2.24) is 0 Å². The molecule has 3 atom stereocenters. The summed E-state index contributed by atoms with van der Waals surface area (Å²) in [5.41, 5.74) is 6.65. The van der Waals surface area contributed by atoms with Gasteiger partial charge in [-0.05, 0) is 30.0 Å². The number of aliphatic hydroxyl groups excluding tert-OH is 1. The minimum atomic E-state index is -0.469. The van der Waals surface area contributed by atoms with Gasteiger partial charge in [0.15, 0.2) is 0 Å². The molecule has 0 amide bonds. The monoisotopic (exact) mass is 289 g/mol. The maximum atomic E-state index is 10.3. The number of aliphatic hydroxyl groups is 1. The molecule has 0 aliphatic carbocycles. The smallest absolute Gasteiger partial charge is 0.0623 e. The average molecular weight is 290 g/mol. The van der Waals surface area contributed by atoms with Crippen molar-refractivity contribution in [3.05, 3.63) is 33.8 Å². The zero-order valence-electron chi connectivity index (χ0n) is 10.9. The molecule has 0 heterocycles. The molecule has 0 aliphatic rings. The number of rotatable bonds is 6. The van der Waals surface area contributed by atoms with E-state index in [1.807, 2.05) is 6.07 Å². The maximum absolute atomic E-state index is 10.3. The van der Waals surface area contributed by atoms with Gasteiger partial charge >= 0.3 is 0 Å². The molecule has 4 heteroatoms. The number of halogens is 2. The van der Waals surface area contributed by atoms with E-state index in [1.54, 1.807) is 12.1 Å². The molecule has 1 rings (SSSR count). The first-order valence-corrected chi connectivity index (χ1v) is 7.08. The minimum Gasteiger partial charge on any atom is -0.392 e. The molecule has 0 saturated carbocycles. The topological polar surface area (TPSA) is 46.2 Å². The normalized spacial score (nSPS) is 16.3. The zero-order chi connectivity index (χ0) is 13.7. The Bertz CT molecular complexity index is 384. The summed E-state index contributed by atoms with van der Waals surface area (Å²) in [5.74, 6) is 0.337. The highest BCUT2D eigenvalue weighted by Crippen LogP contribution is 2.31. The van der Waals surface area contributed by atoms with E-state index in [9.17, 15) is 5.11 Å². The lowest BCUT2D eigenvalue weighted by atomic mass is 9.87. The first-order chi connectivity index (χ1) is 8.49. The predicted octanol–water partition coefficient (Wildman–Crippen LogP) is 3.83. The Morgan fingerprint density at radius 2 is 2.00 bits per heavy atom. The van der Waals surface area contributed by atoms with Crippen LogP contribution in [0.2, 0.25) is 10.0 Å². The van der Waals surface area contributed by atoms with Crippen LogP contribution in [-0.2, 0) is 0 Å². The van der Waals surface area contributed by atoms with Gasteiger partial charge in [0, 0.05) is 22.5 Å². The van der Waals surface area contributed by atoms with E-state index in [2.05, 4.69) is 13.8 Å². The summed E-state index contributed by atoms with van der Waals surface area (Å²) >= 11 is 12.0. The molecule has 0 bridgehead atoms. The van der Waals surface area contributed by atoms with Crippen molar-refractivity contribution in [2.45, 2.75) is 38.7 Å². The van der Waals surface area contributed by atoms with Crippen LogP contribution >= 0.6 is 23.2 Å². The lowest BCUT2D eigenvalue weighted by Crippen LogP contribution is -2.27. The fourth-order valence-electron chi connectivity index (χ4n) is 2.04. The third-order valence-corrected chi connectivity index (χ3v) is 3.98. The van der Waals surface area contributed by atoms with Crippen LogP contribution in [0.25, 0.3) is 0 Å². The molecule has 3 N–H and O–H groups in total. The van der Waals surface area contributed by atoms with Gasteiger partial charge in [0.2, 0.25) is 0 Å². The van der Waals surface area contributed by atoms with Gasteiger partial charge in [-0.15, -0.1) is 0 Å². The van der Waals surface area contributed by atoms with Crippen molar-refractivity contribution < 1.29 is 5.11 Å². The van der Waals surface area contributed by atoms with E-state index >= 15 is 0 Å². The summed E-state index contributed by atoms with van der Waals surface area (Å²) in [4.78, 5) is 0. The molecule has 102 valence electrons. The van der Waals surface area contributed by atoms with Gasteiger partial charge in [-0.1, -0.05) is 49.5 Å². The van der Waals surface area contributed by atoms with Gasteiger partial charge in [-0.3, -0.25) is 0 Å². The molecule has 2 nitrogen and oxygen atoms in total. The van der Waals surface area contributed by atoms with Crippen molar-refractivity contribution in [2.75, 3.05) is 6.54 Å². The lowest BCUT2D eigenvalue weighted by molar-refractivity contribution is 0.118. The molecule has 0 fully saturated rings. The van der Waals surface area contributed by atoms with Crippen LogP contribution in [-0.4, -0.2) is 17.8 Å². The average Bonchev–Trinajstić information content (AvgIpc) is 2.32. The van der Waals surface area contributed by atoms with Crippen LogP contribution in [0.4, 0.5) is 0 Å². The summed E-state index contributed by atoms with van der Waals surface area (Å²) in [6.45, 7) is 4.61. The van der Waals surface area contributed by atoms with E-state index in [0.29, 0.717) is 22.5 Å². The third kappa shape index (κ3) is 4.13. The molecule has 0 saturated heterocycles. The Kier molecular flexibility index (Phi) is 6.44. The largest absolute Gasteiger partial charge is 0.392 e. The summed E-state index contributed by atoms with van der Waals surface area (Å²) < 4.78 is 0. The van der Waals surface area contributed by atoms with E-state index in [1.165, 1.54) is 0 Å². The van der Waals surface area contributed by atoms with E-state index in [0.717, 1.165) is 18.4 Å². The number of benzene rings is 1. The third-order valence-electron chi connectivity index (χ3n) is 3.42. The fourth-order valence-corrected chi connectivity index (χ4v) is 2.59. The molecular weight excluding hydrogens is 269 g/mol. The van der Waals surface area contributed by atoms with E-state index in [4.69, 9.17) is 28.9 Å². The van der Waals surface area contributed by atoms with Crippen LogP contribution in [0.1, 0.15) is 38.2 Å². The first kappa shape index (κ1) is 15.8. The van der Waals surface area contributed by atoms with Gasteiger partial charge < -0.3 is 10.8 Å². The Hall–Kier alpha value is -0.280. The van der Waals surface area contributed by atoms with Crippen LogP contribution in [0, 0.1) is 5.92 Å². The zero-order valence-corrected chi connectivity index (χ0v) is 12.4. The summed E-state index contributed by atoms with van der Waals surface area (Å²) in [5, 5.41) is 11.4. The molecule has 0 aliphatic heterocycles. The Morgan fingerprint density at radius 3 is 2.50 bits per heavy atom. The SMILES string of the molecule is CCC(C)CC(O)C(CN)c1ccc(Cl)cc1Cl. The second-order valence-electron chi connectivity index (χ2n) is 4.82. The molecule has 0 radical (unpaired) electrons. The molecule has 3 unspecified atom stereocenters. The Labute approximate surface area is 119 Å². The quantitative estimate of drug-likeness (QED) is 0.836. The summed E-state index contributed by atoms with van der Waals surface area (Å²) in [6, 6.07) is 5.32. The Morgan fingerprint density at radius 1 is 1.33 bits per heavy atom. The molecule has 0 aromatic heterocycles. The summed E-state index contributed by atoms with van der Waals surface area (Å²) in [7, 11) is 0. The number of hydrogen-bond donors (Lipinski definition) is 2. The van der Waals surface area contributed by atoms with Crippen LogP contribution in [0.15, 0.2) is 18.2 Å². The summed E-state index contributed by atoms with van der Waals surface area (Å²) in [6.07, 6.45) is 1.31.